The van der Waals surface area contributed by atoms with Crippen LogP contribution in [0.2, 0.25) is 4.47 Å². The van der Waals surface area contributed by atoms with Crippen LogP contribution in [0, 0.1) is 0 Å². The van der Waals surface area contributed by atoms with Crippen LogP contribution >= 0.6 is 22.9 Å². The van der Waals surface area contributed by atoms with Crippen LogP contribution in [0.15, 0.2) is 5.38 Å². The second-order valence-corrected chi connectivity index (χ2v) is 4.63. The van der Waals surface area contributed by atoms with Gasteiger partial charge in [0.1, 0.15) is 11.7 Å². The maximum absolute atomic E-state index is 11.8. The minimum absolute atomic E-state index is 0.274. The lowest BCUT2D eigenvalue weighted by Crippen LogP contribution is -2.57. The molecular formula is C8H8ClN3O2S. The lowest BCUT2D eigenvalue weighted by Gasteiger charge is -2.38. The molecule has 1 aromatic heterocycles. The van der Waals surface area contributed by atoms with Gasteiger partial charge in [0, 0.05) is 11.9 Å². The van der Waals surface area contributed by atoms with Crippen molar-refractivity contribution >= 4 is 34.8 Å². The molecule has 1 atom stereocenters. The van der Waals surface area contributed by atoms with Gasteiger partial charge in [-0.2, -0.15) is 0 Å². The molecule has 2 N–H and O–H groups in total. The van der Waals surface area contributed by atoms with E-state index in [1.807, 2.05) is 0 Å². The Balaban J connectivity index is 2.12. The van der Waals surface area contributed by atoms with Crippen LogP contribution in [0.5, 0.6) is 0 Å². The Hall–Kier alpha value is -1.14. The quantitative estimate of drug-likeness (QED) is 0.824. The van der Waals surface area contributed by atoms with Gasteiger partial charge in [-0.05, 0) is 6.42 Å². The molecule has 1 unspecified atom stereocenters. The summed E-state index contributed by atoms with van der Waals surface area (Å²) in [5.41, 5.74) is 5.41. The molecule has 1 aliphatic heterocycles. The van der Waals surface area contributed by atoms with E-state index in [1.54, 1.807) is 5.38 Å². The fraction of sp³-hybridized carbons (Fsp3) is 0.375. The number of primary amides is 1. The van der Waals surface area contributed by atoms with Crippen LogP contribution in [0.1, 0.15) is 16.9 Å². The van der Waals surface area contributed by atoms with Crippen LogP contribution in [-0.4, -0.2) is 34.3 Å². The van der Waals surface area contributed by atoms with Crippen LogP contribution in [0.4, 0.5) is 0 Å². The first-order valence-electron chi connectivity index (χ1n) is 4.31. The van der Waals surface area contributed by atoms with Gasteiger partial charge in [-0.1, -0.05) is 11.6 Å². The van der Waals surface area contributed by atoms with Gasteiger partial charge in [0.15, 0.2) is 4.47 Å². The fourth-order valence-electron chi connectivity index (χ4n) is 1.42. The summed E-state index contributed by atoms with van der Waals surface area (Å²) in [7, 11) is 0. The summed E-state index contributed by atoms with van der Waals surface area (Å²) in [6.07, 6.45) is 0.624. The summed E-state index contributed by atoms with van der Waals surface area (Å²) in [5.74, 6) is -0.760. The predicted octanol–water partition coefficient (Wildman–Crippen LogP) is 0.496. The highest BCUT2D eigenvalue weighted by molar-refractivity contribution is 7.14. The van der Waals surface area contributed by atoms with Gasteiger partial charge >= 0.3 is 0 Å². The van der Waals surface area contributed by atoms with E-state index in [2.05, 4.69) is 4.98 Å². The van der Waals surface area contributed by atoms with Crippen LogP contribution in [-0.2, 0) is 4.79 Å². The number of hydrogen-bond acceptors (Lipinski definition) is 4. The number of halogens is 1. The van der Waals surface area contributed by atoms with Crippen molar-refractivity contribution in [2.45, 2.75) is 12.5 Å². The van der Waals surface area contributed by atoms with E-state index in [0.717, 1.165) is 0 Å². The highest BCUT2D eigenvalue weighted by Gasteiger charge is 2.37. The third kappa shape index (κ3) is 1.82. The first-order valence-corrected chi connectivity index (χ1v) is 5.56. The number of likely N-dealkylation sites (tertiary alicyclic amines) is 1. The minimum atomic E-state index is -0.488. The Kier molecular flexibility index (Phi) is 2.62. The highest BCUT2D eigenvalue weighted by atomic mass is 35.5. The van der Waals surface area contributed by atoms with Gasteiger partial charge in [-0.25, -0.2) is 4.98 Å². The smallest absolute Gasteiger partial charge is 0.274 e. The van der Waals surface area contributed by atoms with Crippen molar-refractivity contribution in [3.63, 3.8) is 0 Å². The van der Waals surface area contributed by atoms with Crippen molar-refractivity contribution < 1.29 is 9.59 Å². The second-order valence-electron chi connectivity index (χ2n) is 3.19. The van der Waals surface area contributed by atoms with Crippen molar-refractivity contribution in [2.24, 2.45) is 5.73 Å². The first-order chi connectivity index (χ1) is 7.09. The van der Waals surface area contributed by atoms with E-state index in [-0.39, 0.29) is 11.6 Å². The van der Waals surface area contributed by atoms with Gasteiger partial charge in [-0.3, -0.25) is 9.59 Å². The van der Waals surface area contributed by atoms with Gasteiger partial charge in [-0.15, -0.1) is 11.3 Å². The number of carbonyl (C=O) groups excluding carboxylic acids is 2. The molecule has 2 amide bonds. The Labute approximate surface area is 94.8 Å². The minimum Gasteiger partial charge on any atom is -0.368 e. The Morgan fingerprint density at radius 3 is 2.80 bits per heavy atom. The summed E-state index contributed by atoms with van der Waals surface area (Å²) in [4.78, 5) is 27.9. The molecule has 1 fully saturated rings. The largest absolute Gasteiger partial charge is 0.368 e. The number of nitrogens with two attached hydrogens (primary N) is 1. The van der Waals surface area contributed by atoms with Gasteiger partial charge in [0.2, 0.25) is 5.91 Å². The molecule has 0 aromatic carbocycles. The Bertz CT molecular complexity index is 420. The van der Waals surface area contributed by atoms with E-state index in [0.29, 0.717) is 17.4 Å². The monoisotopic (exact) mass is 245 g/mol. The van der Waals surface area contributed by atoms with Gasteiger partial charge in [0.25, 0.3) is 5.91 Å². The van der Waals surface area contributed by atoms with Crippen LogP contribution in [0.3, 0.4) is 0 Å². The molecule has 2 rings (SSSR count). The molecule has 0 radical (unpaired) electrons. The van der Waals surface area contributed by atoms with Crippen molar-refractivity contribution in [3.8, 4) is 0 Å². The number of rotatable bonds is 2. The second kappa shape index (κ2) is 3.79. The average molecular weight is 246 g/mol. The molecule has 0 spiro atoms. The normalized spacial score (nSPS) is 19.8. The van der Waals surface area contributed by atoms with Crippen LogP contribution in [0.25, 0.3) is 0 Å². The third-order valence-electron chi connectivity index (χ3n) is 2.30. The summed E-state index contributed by atoms with van der Waals surface area (Å²) in [6.45, 7) is 0.543. The van der Waals surface area contributed by atoms with Crippen molar-refractivity contribution in [1.29, 1.82) is 0 Å². The molecule has 2 heterocycles. The fourth-order valence-corrected chi connectivity index (χ4v) is 2.16. The number of thiazole rings is 1. The lowest BCUT2D eigenvalue weighted by molar-refractivity contribution is -0.125. The van der Waals surface area contributed by atoms with E-state index < -0.39 is 11.9 Å². The molecule has 0 saturated carbocycles. The topological polar surface area (TPSA) is 76.3 Å². The SMILES string of the molecule is NC(=O)C1CCN1C(=O)c1csc(Cl)n1. The maximum atomic E-state index is 11.8. The highest BCUT2D eigenvalue weighted by Crippen LogP contribution is 2.22. The number of nitrogens with zero attached hydrogens (tertiary/aromatic N) is 2. The molecule has 1 aliphatic rings. The molecular weight excluding hydrogens is 238 g/mol. The summed E-state index contributed by atoms with van der Waals surface area (Å²) in [5, 5.41) is 1.57. The Morgan fingerprint density at radius 2 is 2.40 bits per heavy atom. The summed E-state index contributed by atoms with van der Waals surface area (Å²) < 4.78 is 0.314. The molecule has 1 aromatic rings. The van der Waals surface area contributed by atoms with Crippen molar-refractivity contribution in [1.82, 2.24) is 9.88 Å². The molecule has 80 valence electrons. The van der Waals surface area contributed by atoms with Crippen molar-refractivity contribution in [2.75, 3.05) is 6.54 Å². The van der Waals surface area contributed by atoms with E-state index in [4.69, 9.17) is 17.3 Å². The molecule has 0 aliphatic carbocycles. The maximum Gasteiger partial charge on any atom is 0.274 e. The average Bonchev–Trinajstić information content (AvgIpc) is 2.48. The molecule has 15 heavy (non-hydrogen) atoms. The third-order valence-corrected chi connectivity index (χ3v) is 3.28. The predicted molar refractivity (Wildman–Crippen MR) is 55.8 cm³/mol. The van der Waals surface area contributed by atoms with Gasteiger partial charge in [0.05, 0.1) is 0 Å². The molecule has 7 heteroatoms. The zero-order valence-corrected chi connectivity index (χ0v) is 9.22. The van der Waals surface area contributed by atoms with Crippen molar-refractivity contribution in [3.05, 3.63) is 15.5 Å². The summed E-state index contributed by atoms with van der Waals surface area (Å²) >= 11 is 6.80. The standard InChI is InChI=1S/C8H8ClN3O2S/c9-8-11-4(3-15-8)7(14)12-2-1-5(12)6(10)13/h3,5H,1-2H2,(H2,10,13). The zero-order valence-electron chi connectivity index (χ0n) is 7.64. The Morgan fingerprint density at radius 1 is 1.67 bits per heavy atom. The van der Waals surface area contributed by atoms with E-state index in [1.165, 1.54) is 16.2 Å². The summed E-state index contributed by atoms with van der Waals surface area (Å²) in [6, 6.07) is -0.488. The van der Waals surface area contributed by atoms with E-state index >= 15 is 0 Å². The molecule has 1 saturated heterocycles. The van der Waals surface area contributed by atoms with E-state index in [9.17, 15) is 9.59 Å². The van der Waals surface area contributed by atoms with Crippen LogP contribution < -0.4 is 5.73 Å². The number of hydrogen-bond donors (Lipinski definition) is 1. The lowest BCUT2D eigenvalue weighted by atomic mass is 10.0. The van der Waals surface area contributed by atoms with Gasteiger partial charge < -0.3 is 10.6 Å². The number of carbonyl (C=O) groups is 2. The zero-order chi connectivity index (χ0) is 11.0. The first kappa shape index (κ1) is 10.4. The molecule has 5 nitrogen and oxygen atoms in total. The number of aromatic nitrogens is 1. The number of amides is 2. The molecule has 0 bridgehead atoms.